The molecule has 4 heteroatoms. The summed E-state index contributed by atoms with van der Waals surface area (Å²) in [5, 5.41) is 16.5. The monoisotopic (exact) mass is 316 g/mol. The molecule has 0 aromatic heterocycles. The molecule has 0 saturated heterocycles. The van der Waals surface area contributed by atoms with E-state index in [4.69, 9.17) is 0 Å². The number of benzene rings is 2. The Morgan fingerprint density at radius 1 is 1.04 bits per heavy atom. The third-order valence-corrected chi connectivity index (χ3v) is 3.87. The summed E-state index contributed by atoms with van der Waals surface area (Å²) in [6, 6.07) is 15.0. The Morgan fingerprint density at radius 3 is 2.35 bits per heavy atom. The first-order valence-electron chi connectivity index (χ1n) is 7.98. The van der Waals surface area contributed by atoms with Gasteiger partial charge in [-0.2, -0.15) is 0 Å². The smallest absolute Gasteiger partial charge is 0.129 e. The van der Waals surface area contributed by atoms with Crippen molar-refractivity contribution in [1.82, 2.24) is 10.6 Å². The molecule has 2 rings (SSSR count). The molecule has 2 atom stereocenters. The minimum Gasteiger partial charge on any atom is -0.387 e. The maximum Gasteiger partial charge on any atom is 0.129 e. The highest BCUT2D eigenvalue weighted by atomic mass is 19.1. The Hall–Kier alpha value is -1.75. The van der Waals surface area contributed by atoms with Gasteiger partial charge in [-0.25, -0.2) is 4.39 Å². The number of hydrogen-bond donors (Lipinski definition) is 3. The Morgan fingerprint density at radius 2 is 1.70 bits per heavy atom. The summed E-state index contributed by atoms with van der Waals surface area (Å²) in [6.45, 7) is 3.26. The maximum atomic E-state index is 13.6. The minimum atomic E-state index is -0.836. The Kier molecular flexibility index (Phi) is 6.71. The van der Waals surface area contributed by atoms with E-state index >= 15 is 0 Å². The molecular formula is C19H25FN2O. The highest BCUT2D eigenvalue weighted by Crippen LogP contribution is 2.16. The fourth-order valence-electron chi connectivity index (χ4n) is 2.59. The van der Waals surface area contributed by atoms with E-state index in [0.29, 0.717) is 12.1 Å². The molecule has 3 N–H and O–H groups in total. The van der Waals surface area contributed by atoms with Crippen LogP contribution >= 0.6 is 0 Å². The van der Waals surface area contributed by atoms with Gasteiger partial charge in [0, 0.05) is 24.7 Å². The molecule has 0 saturated carbocycles. The van der Waals surface area contributed by atoms with Gasteiger partial charge < -0.3 is 15.7 Å². The normalized spacial score (nSPS) is 13.7. The molecule has 0 heterocycles. The van der Waals surface area contributed by atoms with Crippen LogP contribution < -0.4 is 10.6 Å². The minimum absolute atomic E-state index is 0.201. The summed E-state index contributed by atoms with van der Waals surface area (Å²) in [5.74, 6) is -0.366. The standard InChI is InChI=1S/C19H25FN2O/c1-14(11-15-7-9-16(10-8-15)12-21-2)22-13-19(23)17-5-3-4-6-18(17)20/h3-10,14,19,21-23H,11-13H2,1-2H3. The van der Waals surface area contributed by atoms with E-state index in [-0.39, 0.29) is 11.9 Å². The number of aliphatic hydroxyl groups excluding tert-OH is 1. The van der Waals surface area contributed by atoms with Crippen LogP contribution in [0.4, 0.5) is 4.39 Å². The third-order valence-electron chi connectivity index (χ3n) is 3.87. The average Bonchev–Trinajstić information content (AvgIpc) is 2.55. The summed E-state index contributed by atoms with van der Waals surface area (Å²) in [7, 11) is 1.93. The highest BCUT2D eigenvalue weighted by Gasteiger charge is 2.13. The van der Waals surface area contributed by atoms with Crippen molar-refractivity contribution in [3.8, 4) is 0 Å². The van der Waals surface area contributed by atoms with E-state index in [0.717, 1.165) is 13.0 Å². The van der Waals surface area contributed by atoms with Gasteiger partial charge in [0.1, 0.15) is 5.82 Å². The first-order valence-corrected chi connectivity index (χ1v) is 7.98. The molecule has 124 valence electrons. The lowest BCUT2D eigenvalue weighted by atomic mass is 10.0. The molecule has 0 spiro atoms. The van der Waals surface area contributed by atoms with E-state index < -0.39 is 6.10 Å². The second kappa shape index (κ2) is 8.77. The number of nitrogens with one attached hydrogen (secondary N) is 2. The van der Waals surface area contributed by atoms with E-state index in [1.807, 2.05) is 7.05 Å². The Bertz CT molecular complexity index is 601. The van der Waals surface area contributed by atoms with Gasteiger partial charge in [-0.05, 0) is 37.6 Å². The maximum absolute atomic E-state index is 13.6. The van der Waals surface area contributed by atoms with Crippen LogP contribution in [0.1, 0.15) is 29.7 Å². The summed E-state index contributed by atoms with van der Waals surface area (Å²) in [6.07, 6.45) is 0.0285. The predicted octanol–water partition coefficient (Wildman–Crippen LogP) is 2.80. The zero-order chi connectivity index (χ0) is 16.7. The molecule has 3 nitrogen and oxygen atoms in total. The van der Waals surface area contributed by atoms with Crippen LogP contribution in [-0.2, 0) is 13.0 Å². The molecular weight excluding hydrogens is 291 g/mol. The molecule has 2 aromatic carbocycles. The van der Waals surface area contributed by atoms with Crippen molar-refractivity contribution in [2.24, 2.45) is 0 Å². The molecule has 0 aliphatic carbocycles. The zero-order valence-corrected chi connectivity index (χ0v) is 13.7. The van der Waals surface area contributed by atoms with Gasteiger partial charge in [-0.3, -0.25) is 0 Å². The van der Waals surface area contributed by atoms with Crippen molar-refractivity contribution in [1.29, 1.82) is 0 Å². The lowest BCUT2D eigenvalue weighted by Gasteiger charge is -2.18. The summed E-state index contributed by atoms with van der Waals surface area (Å²) in [5.41, 5.74) is 2.83. The zero-order valence-electron chi connectivity index (χ0n) is 13.7. The van der Waals surface area contributed by atoms with Crippen molar-refractivity contribution in [2.45, 2.75) is 32.0 Å². The molecule has 23 heavy (non-hydrogen) atoms. The molecule has 0 bridgehead atoms. The van der Waals surface area contributed by atoms with Gasteiger partial charge in [0.2, 0.25) is 0 Å². The second-order valence-corrected chi connectivity index (χ2v) is 5.90. The summed E-state index contributed by atoms with van der Waals surface area (Å²) >= 11 is 0. The Labute approximate surface area is 137 Å². The van der Waals surface area contributed by atoms with Gasteiger partial charge in [-0.1, -0.05) is 42.5 Å². The molecule has 2 aromatic rings. The van der Waals surface area contributed by atoms with Gasteiger partial charge >= 0.3 is 0 Å². The van der Waals surface area contributed by atoms with Gasteiger partial charge in [0.25, 0.3) is 0 Å². The van der Waals surface area contributed by atoms with Crippen LogP contribution in [0, 0.1) is 5.82 Å². The SMILES string of the molecule is CNCc1ccc(CC(C)NCC(O)c2ccccc2F)cc1. The van der Waals surface area contributed by atoms with Crippen molar-refractivity contribution >= 4 is 0 Å². The van der Waals surface area contributed by atoms with Crippen LogP contribution in [0.5, 0.6) is 0 Å². The lowest BCUT2D eigenvalue weighted by molar-refractivity contribution is 0.166. The topological polar surface area (TPSA) is 44.3 Å². The van der Waals surface area contributed by atoms with Crippen LogP contribution in [-0.4, -0.2) is 24.7 Å². The first-order chi connectivity index (χ1) is 11.1. The van der Waals surface area contributed by atoms with Crippen LogP contribution in [0.15, 0.2) is 48.5 Å². The number of aliphatic hydroxyl groups is 1. The number of hydrogen-bond acceptors (Lipinski definition) is 3. The van der Waals surface area contributed by atoms with Crippen molar-refractivity contribution < 1.29 is 9.50 Å². The van der Waals surface area contributed by atoms with Gasteiger partial charge in [0.15, 0.2) is 0 Å². The second-order valence-electron chi connectivity index (χ2n) is 5.90. The Balaban J connectivity index is 1.82. The molecule has 0 amide bonds. The van der Waals surface area contributed by atoms with Crippen molar-refractivity contribution in [3.05, 3.63) is 71.0 Å². The predicted molar refractivity (Wildman–Crippen MR) is 91.7 cm³/mol. The largest absolute Gasteiger partial charge is 0.387 e. The highest BCUT2D eigenvalue weighted by molar-refractivity contribution is 5.23. The van der Waals surface area contributed by atoms with Crippen molar-refractivity contribution in [3.63, 3.8) is 0 Å². The fourth-order valence-corrected chi connectivity index (χ4v) is 2.59. The first kappa shape index (κ1) is 17.6. The van der Waals surface area contributed by atoms with E-state index in [2.05, 4.69) is 41.8 Å². The van der Waals surface area contributed by atoms with E-state index in [9.17, 15) is 9.50 Å². The van der Waals surface area contributed by atoms with Crippen molar-refractivity contribution in [2.75, 3.05) is 13.6 Å². The number of halogens is 1. The average molecular weight is 316 g/mol. The van der Waals surface area contributed by atoms with Crippen LogP contribution in [0.3, 0.4) is 0 Å². The van der Waals surface area contributed by atoms with Crippen LogP contribution in [0.2, 0.25) is 0 Å². The quantitative estimate of drug-likeness (QED) is 0.702. The molecule has 0 radical (unpaired) electrons. The number of rotatable bonds is 8. The fraction of sp³-hybridized carbons (Fsp3) is 0.368. The van der Waals surface area contributed by atoms with Gasteiger partial charge in [-0.15, -0.1) is 0 Å². The van der Waals surface area contributed by atoms with E-state index in [1.165, 1.54) is 17.2 Å². The summed E-state index contributed by atoms with van der Waals surface area (Å²) < 4.78 is 13.6. The van der Waals surface area contributed by atoms with Crippen LogP contribution in [0.25, 0.3) is 0 Å². The molecule has 0 aliphatic heterocycles. The third kappa shape index (κ3) is 5.43. The van der Waals surface area contributed by atoms with Gasteiger partial charge in [0.05, 0.1) is 6.10 Å². The molecule has 0 fully saturated rings. The molecule has 2 unspecified atom stereocenters. The summed E-state index contributed by atoms with van der Waals surface area (Å²) in [4.78, 5) is 0. The molecule has 0 aliphatic rings. The lowest BCUT2D eigenvalue weighted by Crippen LogP contribution is -2.32. The van der Waals surface area contributed by atoms with E-state index in [1.54, 1.807) is 18.2 Å².